The number of rotatable bonds is 3. The van der Waals surface area contributed by atoms with Gasteiger partial charge in [-0.25, -0.2) is 8.78 Å². The molecule has 0 bridgehead atoms. The van der Waals surface area contributed by atoms with E-state index in [1.54, 1.807) is 0 Å². The smallest absolute Gasteiger partial charge is 0.368 e. The van der Waals surface area contributed by atoms with E-state index in [1.165, 1.54) is 12.1 Å². The third-order valence-corrected chi connectivity index (χ3v) is 2.90. The molecule has 2 nitrogen and oxygen atoms in total. The van der Waals surface area contributed by atoms with Crippen molar-refractivity contribution < 1.29 is 27.1 Å². The van der Waals surface area contributed by atoms with Gasteiger partial charge in [-0.1, -0.05) is 0 Å². The van der Waals surface area contributed by atoms with Gasteiger partial charge in [-0.15, -0.1) is 0 Å². The van der Waals surface area contributed by atoms with Crippen molar-refractivity contribution in [1.82, 2.24) is 0 Å². The normalized spacial score (nSPS) is 17.2. The second-order valence-corrected chi connectivity index (χ2v) is 5.11. The summed E-state index contributed by atoms with van der Waals surface area (Å²) in [6.45, 7) is 3.62. The summed E-state index contributed by atoms with van der Waals surface area (Å²) in [4.78, 5) is 11.4. The van der Waals surface area contributed by atoms with Crippen molar-refractivity contribution >= 4 is 5.78 Å². The number of ether oxygens (including phenoxy) is 1. The number of hydrogen-bond acceptors (Lipinski definition) is 2. The fraction of sp³-hybridized carbons (Fsp3) is 0.462. The van der Waals surface area contributed by atoms with Gasteiger partial charge >= 0.3 is 12.3 Å². The van der Waals surface area contributed by atoms with Crippen LogP contribution >= 0.6 is 0 Å². The fourth-order valence-corrected chi connectivity index (χ4v) is 2.04. The summed E-state index contributed by atoms with van der Waals surface area (Å²) in [6, 6.07) is 3.64. The maximum absolute atomic E-state index is 13.0. The molecule has 6 heteroatoms. The van der Waals surface area contributed by atoms with Crippen LogP contribution in [0.1, 0.15) is 29.8 Å². The van der Waals surface area contributed by atoms with E-state index in [2.05, 4.69) is 0 Å². The molecule has 0 unspecified atom stereocenters. The molecular formula is C13H12F4O2. The standard InChI is InChI=1S/C13H12F4O2/c1-12(2)6-8-5-7(3-4-9(8)19-12)10(18)13(16,17)11(14)15/h3-5,11H,6H2,1-2H3. The van der Waals surface area contributed by atoms with E-state index in [0.29, 0.717) is 17.7 Å². The monoisotopic (exact) mass is 276 g/mol. The van der Waals surface area contributed by atoms with Gasteiger partial charge in [0, 0.05) is 12.0 Å². The van der Waals surface area contributed by atoms with E-state index >= 15 is 0 Å². The second kappa shape index (κ2) is 4.21. The summed E-state index contributed by atoms with van der Waals surface area (Å²) in [5, 5.41) is 0. The first-order valence-corrected chi connectivity index (χ1v) is 5.66. The van der Waals surface area contributed by atoms with Crippen LogP contribution in [0.2, 0.25) is 0 Å². The lowest BCUT2D eigenvalue weighted by atomic mass is 9.97. The van der Waals surface area contributed by atoms with Crippen LogP contribution in [-0.4, -0.2) is 23.7 Å². The second-order valence-electron chi connectivity index (χ2n) is 5.11. The number of ketones is 1. The molecule has 19 heavy (non-hydrogen) atoms. The molecule has 1 aliphatic heterocycles. The largest absolute Gasteiger partial charge is 0.487 e. The molecule has 0 saturated heterocycles. The van der Waals surface area contributed by atoms with Crippen molar-refractivity contribution in [3.8, 4) is 5.75 Å². The highest BCUT2D eigenvalue weighted by molar-refractivity contribution is 6.02. The molecule has 0 radical (unpaired) electrons. The van der Waals surface area contributed by atoms with Crippen LogP contribution in [0.5, 0.6) is 5.75 Å². The molecular weight excluding hydrogens is 264 g/mol. The predicted molar refractivity (Wildman–Crippen MR) is 60.1 cm³/mol. The Balaban J connectivity index is 2.33. The van der Waals surface area contributed by atoms with Crippen LogP contribution in [0.25, 0.3) is 0 Å². The third-order valence-electron chi connectivity index (χ3n) is 2.90. The summed E-state index contributed by atoms with van der Waals surface area (Å²) in [6.07, 6.45) is -3.58. The lowest BCUT2D eigenvalue weighted by Crippen LogP contribution is -2.36. The molecule has 0 aromatic heterocycles. The van der Waals surface area contributed by atoms with Gasteiger partial charge < -0.3 is 4.74 Å². The van der Waals surface area contributed by atoms with E-state index in [9.17, 15) is 22.4 Å². The molecule has 0 amide bonds. The lowest BCUT2D eigenvalue weighted by Gasteiger charge is -2.16. The first kappa shape index (κ1) is 13.8. The van der Waals surface area contributed by atoms with E-state index in [4.69, 9.17) is 4.74 Å². The highest BCUT2D eigenvalue weighted by Gasteiger charge is 2.49. The maximum Gasteiger partial charge on any atom is 0.368 e. The summed E-state index contributed by atoms with van der Waals surface area (Å²) in [7, 11) is 0. The zero-order valence-corrected chi connectivity index (χ0v) is 10.3. The molecule has 1 aromatic carbocycles. The molecule has 104 valence electrons. The third kappa shape index (κ3) is 2.43. The van der Waals surface area contributed by atoms with Crippen LogP contribution in [0, 0.1) is 0 Å². The number of carbonyl (C=O) groups is 1. The van der Waals surface area contributed by atoms with Gasteiger partial charge in [0.15, 0.2) is 0 Å². The Kier molecular flexibility index (Phi) is 3.07. The topological polar surface area (TPSA) is 26.3 Å². The van der Waals surface area contributed by atoms with Crippen molar-refractivity contribution in [2.45, 2.75) is 38.2 Å². The van der Waals surface area contributed by atoms with Crippen molar-refractivity contribution in [2.24, 2.45) is 0 Å². The number of alkyl halides is 4. The fourth-order valence-electron chi connectivity index (χ4n) is 2.04. The van der Waals surface area contributed by atoms with Gasteiger partial charge in [-0.2, -0.15) is 8.78 Å². The average Bonchev–Trinajstić information content (AvgIpc) is 2.60. The van der Waals surface area contributed by atoms with Crippen molar-refractivity contribution in [3.63, 3.8) is 0 Å². The minimum atomic E-state index is -4.66. The lowest BCUT2D eigenvalue weighted by molar-refractivity contribution is -0.0958. The van der Waals surface area contributed by atoms with Gasteiger partial charge in [0.2, 0.25) is 5.78 Å². The first-order chi connectivity index (χ1) is 8.63. The van der Waals surface area contributed by atoms with Gasteiger partial charge in [0.25, 0.3) is 0 Å². The van der Waals surface area contributed by atoms with Crippen LogP contribution in [0.4, 0.5) is 17.6 Å². The van der Waals surface area contributed by atoms with E-state index < -0.39 is 29.3 Å². The highest BCUT2D eigenvalue weighted by Crippen LogP contribution is 2.36. The van der Waals surface area contributed by atoms with Gasteiger partial charge in [0.1, 0.15) is 11.4 Å². The highest BCUT2D eigenvalue weighted by atomic mass is 19.3. The Bertz CT molecular complexity index is 523. The number of Topliss-reactive ketones (excluding diaryl/α,β-unsaturated/α-hetero) is 1. The summed E-state index contributed by atoms with van der Waals surface area (Å²) in [5.41, 5.74) is -0.346. The van der Waals surface area contributed by atoms with Crippen LogP contribution in [0.15, 0.2) is 18.2 Å². The number of benzene rings is 1. The van der Waals surface area contributed by atoms with Crippen LogP contribution < -0.4 is 4.74 Å². The minimum Gasteiger partial charge on any atom is -0.487 e. The van der Waals surface area contributed by atoms with Crippen molar-refractivity contribution in [1.29, 1.82) is 0 Å². The molecule has 1 aromatic rings. The zero-order valence-electron chi connectivity index (χ0n) is 10.3. The van der Waals surface area contributed by atoms with Crippen molar-refractivity contribution in [3.05, 3.63) is 29.3 Å². The Hall–Kier alpha value is -1.59. The molecule has 0 fully saturated rings. The SMILES string of the molecule is CC1(C)Cc2cc(C(=O)C(F)(F)C(F)F)ccc2O1. The number of hydrogen-bond donors (Lipinski definition) is 0. The summed E-state index contributed by atoms with van der Waals surface area (Å²) in [5.74, 6) is -6.04. The molecule has 0 spiro atoms. The molecule has 0 aliphatic carbocycles. The summed E-state index contributed by atoms with van der Waals surface area (Å²) < 4.78 is 55.8. The Morgan fingerprint density at radius 2 is 2.00 bits per heavy atom. The average molecular weight is 276 g/mol. The first-order valence-electron chi connectivity index (χ1n) is 5.66. The van der Waals surface area contributed by atoms with Gasteiger partial charge in [-0.05, 0) is 37.6 Å². The number of fused-ring (bicyclic) bond motifs is 1. The minimum absolute atomic E-state index is 0.426. The Labute approximate surface area is 107 Å². The molecule has 1 aliphatic rings. The zero-order chi connectivity index (χ0) is 14.4. The Morgan fingerprint density at radius 1 is 1.37 bits per heavy atom. The summed E-state index contributed by atoms with van der Waals surface area (Å²) >= 11 is 0. The van der Waals surface area contributed by atoms with Gasteiger partial charge in [-0.3, -0.25) is 4.79 Å². The van der Waals surface area contributed by atoms with Crippen LogP contribution in [0.3, 0.4) is 0 Å². The molecule has 0 saturated carbocycles. The molecule has 0 N–H and O–H groups in total. The molecule has 1 heterocycles. The predicted octanol–water partition coefficient (Wildman–Crippen LogP) is 3.48. The van der Waals surface area contributed by atoms with Crippen molar-refractivity contribution in [2.75, 3.05) is 0 Å². The number of carbonyl (C=O) groups excluding carboxylic acids is 1. The van der Waals surface area contributed by atoms with Crippen LogP contribution in [-0.2, 0) is 6.42 Å². The molecule has 0 atom stereocenters. The van der Waals surface area contributed by atoms with E-state index in [0.717, 1.165) is 6.07 Å². The van der Waals surface area contributed by atoms with E-state index in [-0.39, 0.29) is 0 Å². The van der Waals surface area contributed by atoms with E-state index in [1.807, 2.05) is 13.8 Å². The Morgan fingerprint density at radius 3 is 2.58 bits per heavy atom. The quantitative estimate of drug-likeness (QED) is 0.624. The van der Waals surface area contributed by atoms with Gasteiger partial charge in [0.05, 0.1) is 0 Å². The maximum atomic E-state index is 13.0. The number of halogens is 4. The molecule has 2 rings (SSSR count).